The standard InChI is InChI=1S/C11H17N3O2S/c1-9-11(14-6-5-13-9)17(15,16)8-10-3-2-4-12-7-10/h5-6,10,12H,2-4,7-8H2,1H3/t10-/m1/s1. The smallest absolute Gasteiger partial charge is 0.197 e. The Bertz CT molecular complexity index is 481. The zero-order valence-corrected chi connectivity index (χ0v) is 10.7. The molecule has 1 aromatic heterocycles. The number of hydrogen-bond donors (Lipinski definition) is 1. The first-order valence-corrected chi connectivity index (χ1v) is 7.46. The fraction of sp³-hybridized carbons (Fsp3) is 0.636. The van der Waals surface area contributed by atoms with E-state index in [1.165, 1.54) is 12.4 Å². The highest BCUT2D eigenvalue weighted by Gasteiger charge is 2.25. The molecule has 0 aromatic carbocycles. The van der Waals surface area contributed by atoms with Gasteiger partial charge in [-0.2, -0.15) is 0 Å². The molecule has 0 saturated carbocycles. The molecule has 2 heterocycles. The third-order valence-electron chi connectivity index (χ3n) is 2.98. The molecule has 94 valence electrons. The molecule has 0 bridgehead atoms. The van der Waals surface area contributed by atoms with E-state index >= 15 is 0 Å². The highest BCUT2D eigenvalue weighted by Crippen LogP contribution is 2.18. The second kappa shape index (κ2) is 5.10. The number of rotatable bonds is 3. The number of aryl methyl sites for hydroxylation is 1. The van der Waals surface area contributed by atoms with Crippen LogP contribution in [0.1, 0.15) is 18.5 Å². The molecule has 0 aliphatic carbocycles. The summed E-state index contributed by atoms with van der Waals surface area (Å²) in [6.07, 6.45) is 4.95. The minimum absolute atomic E-state index is 0.130. The van der Waals surface area contributed by atoms with Crippen molar-refractivity contribution in [3.63, 3.8) is 0 Å². The zero-order valence-electron chi connectivity index (χ0n) is 9.89. The van der Waals surface area contributed by atoms with E-state index in [0.717, 1.165) is 25.9 Å². The van der Waals surface area contributed by atoms with E-state index in [1.807, 2.05) is 0 Å². The van der Waals surface area contributed by atoms with Gasteiger partial charge < -0.3 is 5.32 Å². The van der Waals surface area contributed by atoms with Gasteiger partial charge in [0.05, 0.1) is 11.4 Å². The predicted octanol–water partition coefficient (Wildman–Crippen LogP) is 0.558. The minimum atomic E-state index is -3.30. The van der Waals surface area contributed by atoms with Crippen molar-refractivity contribution < 1.29 is 8.42 Å². The summed E-state index contributed by atoms with van der Waals surface area (Å²) in [5.41, 5.74) is 0.483. The van der Waals surface area contributed by atoms with Crippen LogP contribution < -0.4 is 5.32 Å². The summed E-state index contributed by atoms with van der Waals surface area (Å²) in [5.74, 6) is 0.356. The van der Waals surface area contributed by atoms with Crippen LogP contribution in [-0.2, 0) is 9.84 Å². The topological polar surface area (TPSA) is 72.0 Å². The van der Waals surface area contributed by atoms with E-state index in [2.05, 4.69) is 15.3 Å². The summed E-state index contributed by atoms with van der Waals surface area (Å²) in [7, 11) is -3.30. The summed E-state index contributed by atoms with van der Waals surface area (Å²) < 4.78 is 24.4. The molecule has 0 amide bonds. The van der Waals surface area contributed by atoms with Crippen molar-refractivity contribution in [2.24, 2.45) is 5.92 Å². The van der Waals surface area contributed by atoms with Crippen molar-refractivity contribution in [3.8, 4) is 0 Å². The summed E-state index contributed by atoms with van der Waals surface area (Å²) in [4.78, 5) is 7.93. The lowest BCUT2D eigenvalue weighted by Crippen LogP contribution is -2.34. The van der Waals surface area contributed by atoms with Gasteiger partial charge in [-0.15, -0.1) is 0 Å². The number of hydrogen-bond acceptors (Lipinski definition) is 5. The van der Waals surface area contributed by atoms with Crippen LogP contribution in [0.3, 0.4) is 0 Å². The summed E-state index contributed by atoms with van der Waals surface area (Å²) in [6, 6.07) is 0. The number of aromatic nitrogens is 2. The lowest BCUT2D eigenvalue weighted by Gasteiger charge is -2.22. The maximum Gasteiger partial charge on any atom is 0.197 e. The van der Waals surface area contributed by atoms with Gasteiger partial charge in [0.1, 0.15) is 0 Å². The molecule has 1 aromatic rings. The Labute approximate surface area is 102 Å². The third kappa shape index (κ3) is 3.01. The number of sulfone groups is 1. The van der Waals surface area contributed by atoms with Crippen molar-refractivity contribution in [1.29, 1.82) is 0 Å². The molecule has 1 saturated heterocycles. The molecule has 2 rings (SSSR count). The van der Waals surface area contributed by atoms with Crippen molar-refractivity contribution >= 4 is 9.84 Å². The normalized spacial score (nSPS) is 21.4. The van der Waals surface area contributed by atoms with Crippen molar-refractivity contribution in [1.82, 2.24) is 15.3 Å². The maximum absolute atomic E-state index is 12.2. The Morgan fingerprint density at radius 2 is 2.18 bits per heavy atom. The van der Waals surface area contributed by atoms with Crippen LogP contribution in [0.15, 0.2) is 17.4 Å². The number of piperidine rings is 1. The fourth-order valence-electron chi connectivity index (χ4n) is 2.16. The largest absolute Gasteiger partial charge is 0.316 e. The van der Waals surface area contributed by atoms with Gasteiger partial charge in [0.2, 0.25) is 0 Å². The molecule has 0 radical (unpaired) electrons. The maximum atomic E-state index is 12.2. The first-order valence-electron chi connectivity index (χ1n) is 5.80. The minimum Gasteiger partial charge on any atom is -0.316 e. The second-order valence-electron chi connectivity index (χ2n) is 4.44. The Balaban J connectivity index is 2.16. The molecule has 1 fully saturated rings. The average molecular weight is 255 g/mol. The molecule has 1 N–H and O–H groups in total. The number of nitrogens with one attached hydrogen (secondary N) is 1. The van der Waals surface area contributed by atoms with Gasteiger partial charge in [-0.25, -0.2) is 13.4 Å². The molecular weight excluding hydrogens is 238 g/mol. The van der Waals surface area contributed by atoms with E-state index in [9.17, 15) is 8.42 Å². The van der Waals surface area contributed by atoms with Gasteiger partial charge in [0.15, 0.2) is 14.9 Å². The third-order valence-corrected chi connectivity index (χ3v) is 4.89. The number of nitrogens with zero attached hydrogens (tertiary/aromatic N) is 2. The van der Waals surface area contributed by atoms with Crippen molar-refractivity contribution in [2.45, 2.75) is 24.8 Å². The predicted molar refractivity (Wildman–Crippen MR) is 64.4 cm³/mol. The first-order chi connectivity index (χ1) is 8.09. The second-order valence-corrected chi connectivity index (χ2v) is 6.39. The Morgan fingerprint density at radius 3 is 2.82 bits per heavy atom. The van der Waals surface area contributed by atoms with E-state index in [1.54, 1.807) is 6.92 Å². The Hall–Kier alpha value is -1.01. The molecule has 1 aliphatic heterocycles. The van der Waals surface area contributed by atoms with Crippen LogP contribution in [0.2, 0.25) is 0 Å². The monoisotopic (exact) mass is 255 g/mol. The molecule has 0 spiro atoms. The first kappa shape index (κ1) is 12.4. The van der Waals surface area contributed by atoms with Crippen LogP contribution in [0.4, 0.5) is 0 Å². The zero-order chi connectivity index (χ0) is 12.3. The molecule has 17 heavy (non-hydrogen) atoms. The lowest BCUT2D eigenvalue weighted by atomic mass is 10.0. The highest BCUT2D eigenvalue weighted by atomic mass is 32.2. The quantitative estimate of drug-likeness (QED) is 0.854. The molecule has 6 heteroatoms. The Morgan fingerprint density at radius 1 is 1.41 bits per heavy atom. The summed E-state index contributed by atoms with van der Waals surface area (Å²) in [5, 5.41) is 3.35. The Kier molecular flexibility index (Phi) is 3.73. The molecule has 0 unspecified atom stereocenters. The van der Waals surface area contributed by atoms with E-state index in [4.69, 9.17) is 0 Å². The van der Waals surface area contributed by atoms with E-state index in [0.29, 0.717) is 5.69 Å². The van der Waals surface area contributed by atoms with Crippen molar-refractivity contribution in [2.75, 3.05) is 18.8 Å². The average Bonchev–Trinajstić information content (AvgIpc) is 2.30. The molecule has 5 nitrogen and oxygen atoms in total. The van der Waals surface area contributed by atoms with E-state index < -0.39 is 9.84 Å². The molecule has 1 atom stereocenters. The van der Waals surface area contributed by atoms with Crippen LogP contribution in [0, 0.1) is 12.8 Å². The van der Waals surface area contributed by atoms with Crippen LogP contribution in [0.25, 0.3) is 0 Å². The lowest BCUT2D eigenvalue weighted by molar-refractivity contribution is 0.403. The SMILES string of the molecule is Cc1nccnc1S(=O)(=O)C[C@@H]1CCCNC1. The van der Waals surface area contributed by atoms with Gasteiger partial charge in [0.25, 0.3) is 0 Å². The van der Waals surface area contributed by atoms with Crippen LogP contribution in [-0.4, -0.2) is 37.2 Å². The van der Waals surface area contributed by atoms with Gasteiger partial charge in [-0.05, 0) is 38.8 Å². The van der Waals surface area contributed by atoms with Gasteiger partial charge in [0, 0.05) is 12.4 Å². The fourth-order valence-corrected chi connectivity index (χ4v) is 3.94. The van der Waals surface area contributed by atoms with Crippen LogP contribution >= 0.6 is 0 Å². The highest BCUT2D eigenvalue weighted by molar-refractivity contribution is 7.91. The van der Waals surface area contributed by atoms with Gasteiger partial charge in [-0.3, -0.25) is 4.98 Å². The van der Waals surface area contributed by atoms with Gasteiger partial charge >= 0.3 is 0 Å². The van der Waals surface area contributed by atoms with Gasteiger partial charge in [-0.1, -0.05) is 0 Å². The summed E-state index contributed by atoms with van der Waals surface area (Å²) >= 11 is 0. The molecule has 1 aliphatic rings. The van der Waals surface area contributed by atoms with E-state index in [-0.39, 0.29) is 16.7 Å². The molecular formula is C11H17N3O2S. The summed E-state index contributed by atoms with van der Waals surface area (Å²) in [6.45, 7) is 3.44. The van der Waals surface area contributed by atoms with Crippen LogP contribution in [0.5, 0.6) is 0 Å². The van der Waals surface area contributed by atoms with Crippen molar-refractivity contribution in [3.05, 3.63) is 18.1 Å².